The lowest BCUT2D eigenvalue weighted by Gasteiger charge is -2.23. The number of carboxylic acids is 3. The van der Waals surface area contributed by atoms with E-state index in [4.69, 9.17) is 15.9 Å². The first kappa shape index (κ1) is 25.4. The first-order valence-electron chi connectivity index (χ1n) is 9.30. The number of carbonyl (C=O) groups excluding carboxylic acids is 2. The number of phenols is 1. The van der Waals surface area contributed by atoms with E-state index >= 15 is 0 Å². The number of amides is 2. The summed E-state index contributed by atoms with van der Waals surface area (Å²) in [7, 11) is 0. The topological polar surface area (TPSA) is 216 Å². The molecule has 0 radical (unpaired) electrons. The largest absolute Gasteiger partial charge is 0.508 e. The Morgan fingerprint density at radius 3 is 1.84 bits per heavy atom. The Kier molecular flexibility index (Phi) is 9.92. The zero-order valence-corrected chi connectivity index (χ0v) is 16.5. The number of aromatic hydroxyl groups is 1. The quantitative estimate of drug-likeness (QED) is 0.200. The first-order chi connectivity index (χ1) is 14.5. The molecule has 0 aliphatic carbocycles. The van der Waals surface area contributed by atoms with Crippen molar-refractivity contribution in [3.63, 3.8) is 0 Å². The highest BCUT2D eigenvalue weighted by atomic mass is 16.4. The van der Waals surface area contributed by atoms with E-state index in [0.717, 1.165) is 0 Å². The Morgan fingerprint density at radius 1 is 0.806 bits per heavy atom. The van der Waals surface area contributed by atoms with Gasteiger partial charge in [-0.1, -0.05) is 12.1 Å². The molecular formula is C19H25N3O9. The number of rotatable bonds is 13. The maximum Gasteiger partial charge on any atom is 0.326 e. The molecule has 1 rings (SSSR count). The van der Waals surface area contributed by atoms with Gasteiger partial charge in [0.05, 0.1) is 6.04 Å². The molecule has 1 aromatic rings. The van der Waals surface area contributed by atoms with Gasteiger partial charge in [0.15, 0.2) is 0 Å². The number of hydrogen-bond acceptors (Lipinski definition) is 7. The van der Waals surface area contributed by atoms with E-state index in [1.54, 1.807) is 0 Å². The number of carbonyl (C=O) groups is 5. The lowest BCUT2D eigenvalue weighted by Crippen LogP contribution is -2.55. The average molecular weight is 439 g/mol. The number of nitrogens with two attached hydrogens (primary N) is 1. The molecule has 3 atom stereocenters. The number of carboxylic acid groups (broad SMARTS) is 3. The number of aliphatic carboxylic acids is 3. The summed E-state index contributed by atoms with van der Waals surface area (Å²) in [6.45, 7) is 0. The number of hydrogen-bond donors (Lipinski definition) is 7. The molecule has 0 heterocycles. The predicted octanol–water partition coefficient (Wildman–Crippen LogP) is -0.954. The van der Waals surface area contributed by atoms with Crippen molar-refractivity contribution >= 4 is 29.7 Å². The monoisotopic (exact) mass is 439 g/mol. The van der Waals surface area contributed by atoms with E-state index in [-0.39, 0.29) is 31.4 Å². The second kappa shape index (κ2) is 12.1. The van der Waals surface area contributed by atoms with Crippen LogP contribution in [0.1, 0.15) is 31.2 Å². The number of phenolic OH excluding ortho intramolecular Hbond substituents is 1. The molecule has 0 fully saturated rings. The van der Waals surface area contributed by atoms with Gasteiger partial charge in [0.25, 0.3) is 0 Å². The van der Waals surface area contributed by atoms with Crippen LogP contribution in [0.25, 0.3) is 0 Å². The van der Waals surface area contributed by atoms with Crippen molar-refractivity contribution in [2.75, 3.05) is 0 Å². The first-order valence-corrected chi connectivity index (χ1v) is 9.30. The van der Waals surface area contributed by atoms with E-state index in [1.165, 1.54) is 24.3 Å². The van der Waals surface area contributed by atoms with Crippen LogP contribution >= 0.6 is 0 Å². The molecule has 0 unspecified atom stereocenters. The Morgan fingerprint density at radius 2 is 1.32 bits per heavy atom. The van der Waals surface area contributed by atoms with Gasteiger partial charge in [-0.25, -0.2) is 4.79 Å². The fourth-order valence-electron chi connectivity index (χ4n) is 2.56. The lowest BCUT2D eigenvalue weighted by molar-refractivity contribution is -0.143. The third kappa shape index (κ3) is 9.58. The van der Waals surface area contributed by atoms with Crippen molar-refractivity contribution < 1.29 is 44.4 Å². The summed E-state index contributed by atoms with van der Waals surface area (Å²) < 4.78 is 0. The summed E-state index contributed by atoms with van der Waals surface area (Å²) in [6, 6.07) is 1.71. The summed E-state index contributed by atoms with van der Waals surface area (Å²) in [5, 5.41) is 40.6. The normalized spacial score (nSPS) is 13.5. The van der Waals surface area contributed by atoms with E-state index < -0.39 is 54.3 Å². The van der Waals surface area contributed by atoms with E-state index in [0.29, 0.717) is 5.56 Å². The highest BCUT2D eigenvalue weighted by Gasteiger charge is 2.28. The molecule has 0 bridgehead atoms. The third-order valence-corrected chi connectivity index (χ3v) is 4.28. The molecule has 0 aromatic heterocycles. The minimum Gasteiger partial charge on any atom is -0.508 e. The SMILES string of the molecule is N[C@H](CCC(=O)O)C(=O)N[C@@H](Cc1ccc(O)cc1)C(=O)N[C@H](CCC(=O)O)C(=O)O. The summed E-state index contributed by atoms with van der Waals surface area (Å²) >= 11 is 0. The van der Waals surface area contributed by atoms with Crippen LogP contribution in [0.2, 0.25) is 0 Å². The standard InChI is InChI=1S/C19H25N3O9/c20-12(5-7-15(24)25)17(28)22-14(9-10-1-3-11(23)4-2-10)18(29)21-13(19(30)31)6-8-16(26)27/h1-4,12-14,23H,5-9,20H2,(H,21,29)(H,22,28)(H,24,25)(H,26,27)(H,30,31)/t12-,13-,14+/m1/s1. The van der Waals surface area contributed by atoms with Gasteiger partial charge < -0.3 is 36.8 Å². The van der Waals surface area contributed by atoms with Crippen LogP contribution in [0.4, 0.5) is 0 Å². The van der Waals surface area contributed by atoms with Crippen LogP contribution in [0.15, 0.2) is 24.3 Å². The minimum atomic E-state index is -1.50. The maximum atomic E-state index is 12.7. The van der Waals surface area contributed by atoms with Crippen LogP contribution in [0, 0.1) is 0 Å². The number of nitrogens with one attached hydrogen (secondary N) is 2. The third-order valence-electron chi connectivity index (χ3n) is 4.28. The van der Waals surface area contributed by atoms with E-state index in [1.807, 2.05) is 0 Å². The summed E-state index contributed by atoms with van der Waals surface area (Å²) in [5.74, 6) is -5.54. The van der Waals surface area contributed by atoms with Crippen molar-refractivity contribution in [2.45, 2.75) is 50.2 Å². The molecule has 8 N–H and O–H groups in total. The molecular weight excluding hydrogens is 414 g/mol. The molecule has 1 aromatic carbocycles. The van der Waals surface area contributed by atoms with Gasteiger partial charge in [0.2, 0.25) is 11.8 Å². The highest BCUT2D eigenvalue weighted by Crippen LogP contribution is 2.12. The van der Waals surface area contributed by atoms with Gasteiger partial charge in [-0.2, -0.15) is 0 Å². The van der Waals surface area contributed by atoms with Gasteiger partial charge in [-0.05, 0) is 30.5 Å². The molecule has 170 valence electrons. The van der Waals surface area contributed by atoms with E-state index in [2.05, 4.69) is 10.6 Å². The van der Waals surface area contributed by atoms with Crippen molar-refractivity contribution in [1.82, 2.24) is 10.6 Å². The fraction of sp³-hybridized carbons (Fsp3) is 0.421. The Balaban J connectivity index is 2.96. The average Bonchev–Trinajstić information content (AvgIpc) is 2.69. The Hall–Kier alpha value is -3.67. The molecule has 31 heavy (non-hydrogen) atoms. The van der Waals surface area contributed by atoms with Crippen LogP contribution in [0.5, 0.6) is 5.75 Å². The molecule has 0 saturated carbocycles. The number of benzene rings is 1. The highest BCUT2D eigenvalue weighted by molar-refractivity contribution is 5.92. The van der Waals surface area contributed by atoms with Gasteiger partial charge >= 0.3 is 17.9 Å². The summed E-state index contributed by atoms with van der Waals surface area (Å²) in [6.07, 6.45) is -1.49. The molecule has 0 aliphatic heterocycles. The zero-order valence-electron chi connectivity index (χ0n) is 16.5. The van der Waals surface area contributed by atoms with Gasteiger partial charge in [-0.3, -0.25) is 19.2 Å². The van der Waals surface area contributed by atoms with Gasteiger partial charge in [0, 0.05) is 19.3 Å². The molecule has 0 aliphatic rings. The summed E-state index contributed by atoms with van der Waals surface area (Å²) in [5.41, 5.74) is 6.18. The lowest BCUT2D eigenvalue weighted by atomic mass is 10.0. The van der Waals surface area contributed by atoms with Crippen molar-refractivity contribution in [3.8, 4) is 5.75 Å². The van der Waals surface area contributed by atoms with Crippen LogP contribution < -0.4 is 16.4 Å². The molecule has 0 saturated heterocycles. The minimum absolute atomic E-state index is 0.0240. The second-order valence-electron chi connectivity index (χ2n) is 6.80. The second-order valence-corrected chi connectivity index (χ2v) is 6.80. The molecule has 0 spiro atoms. The Labute approximate surface area is 177 Å². The molecule has 12 nitrogen and oxygen atoms in total. The van der Waals surface area contributed by atoms with Crippen molar-refractivity contribution in [3.05, 3.63) is 29.8 Å². The van der Waals surface area contributed by atoms with Crippen molar-refractivity contribution in [1.29, 1.82) is 0 Å². The van der Waals surface area contributed by atoms with E-state index in [9.17, 15) is 34.2 Å². The molecule has 12 heteroatoms. The maximum absolute atomic E-state index is 12.7. The Bertz CT molecular complexity index is 810. The van der Waals surface area contributed by atoms with Gasteiger partial charge in [0.1, 0.15) is 17.8 Å². The van der Waals surface area contributed by atoms with Gasteiger partial charge in [-0.15, -0.1) is 0 Å². The molecule has 2 amide bonds. The van der Waals surface area contributed by atoms with Crippen LogP contribution in [-0.2, 0) is 30.4 Å². The van der Waals surface area contributed by atoms with Crippen molar-refractivity contribution in [2.24, 2.45) is 5.73 Å². The smallest absolute Gasteiger partial charge is 0.326 e. The fourth-order valence-corrected chi connectivity index (χ4v) is 2.56. The predicted molar refractivity (Wildman–Crippen MR) is 105 cm³/mol. The zero-order chi connectivity index (χ0) is 23.6. The summed E-state index contributed by atoms with van der Waals surface area (Å²) in [4.78, 5) is 57.7. The van der Waals surface area contributed by atoms with Crippen LogP contribution in [-0.4, -0.2) is 68.3 Å². The van der Waals surface area contributed by atoms with Crippen LogP contribution in [0.3, 0.4) is 0 Å².